The van der Waals surface area contributed by atoms with Crippen LogP contribution in [-0.4, -0.2) is 35.1 Å². The van der Waals surface area contributed by atoms with Crippen molar-refractivity contribution in [2.24, 2.45) is 5.41 Å². The van der Waals surface area contributed by atoms with Crippen LogP contribution in [0.2, 0.25) is 0 Å². The lowest BCUT2D eigenvalue weighted by Crippen LogP contribution is -2.54. The first kappa shape index (κ1) is 14.1. The van der Waals surface area contributed by atoms with Crippen LogP contribution in [0.25, 0.3) is 0 Å². The molecule has 1 fully saturated rings. The van der Waals surface area contributed by atoms with E-state index in [0.717, 1.165) is 32.4 Å². The zero-order valence-corrected chi connectivity index (χ0v) is 11.8. The Morgan fingerprint density at radius 3 is 2.68 bits per heavy atom. The van der Waals surface area contributed by atoms with Gasteiger partial charge in [0.2, 0.25) is 0 Å². The zero-order chi connectivity index (χ0) is 13.9. The first-order valence-electron chi connectivity index (χ1n) is 7.01. The number of nitrogens with zero attached hydrogens (tertiary/aromatic N) is 1. The van der Waals surface area contributed by atoms with Crippen LogP contribution in [0, 0.1) is 5.41 Å². The topological polar surface area (TPSA) is 40.5 Å². The predicted molar refractivity (Wildman–Crippen MR) is 76.2 cm³/mol. The molecule has 3 heteroatoms. The second kappa shape index (κ2) is 5.74. The summed E-state index contributed by atoms with van der Waals surface area (Å²) in [6.45, 7) is 5.86. The van der Waals surface area contributed by atoms with E-state index in [1.807, 2.05) is 18.2 Å². The maximum absolute atomic E-state index is 11.6. The van der Waals surface area contributed by atoms with Crippen molar-refractivity contribution in [3.05, 3.63) is 35.9 Å². The van der Waals surface area contributed by atoms with Gasteiger partial charge in [-0.1, -0.05) is 44.2 Å². The summed E-state index contributed by atoms with van der Waals surface area (Å²) in [5.74, 6) is -0.683. The second-order valence-corrected chi connectivity index (χ2v) is 6.10. The molecule has 0 aliphatic carbocycles. The average Bonchev–Trinajstić information content (AvgIpc) is 2.36. The van der Waals surface area contributed by atoms with Gasteiger partial charge in [-0.05, 0) is 36.8 Å². The summed E-state index contributed by atoms with van der Waals surface area (Å²) in [6, 6.07) is 9.92. The third-order valence-electron chi connectivity index (χ3n) is 4.14. The summed E-state index contributed by atoms with van der Waals surface area (Å²) < 4.78 is 0. The summed E-state index contributed by atoms with van der Waals surface area (Å²) in [5.41, 5.74) is 1.14. The van der Waals surface area contributed by atoms with E-state index in [2.05, 4.69) is 30.9 Å². The molecule has 1 unspecified atom stereocenters. The van der Waals surface area contributed by atoms with E-state index >= 15 is 0 Å². The fourth-order valence-corrected chi connectivity index (χ4v) is 3.15. The summed E-state index contributed by atoms with van der Waals surface area (Å²) >= 11 is 0. The molecular weight excluding hydrogens is 238 g/mol. The average molecular weight is 261 g/mol. The second-order valence-electron chi connectivity index (χ2n) is 6.10. The minimum atomic E-state index is -0.683. The SMILES string of the molecule is CC1(C)CCCN(CCc2ccccc2)C1C(=O)O. The molecule has 104 valence electrons. The molecule has 1 heterocycles. The van der Waals surface area contributed by atoms with Gasteiger partial charge in [-0.15, -0.1) is 0 Å². The Balaban J connectivity index is 2.03. The number of hydrogen-bond acceptors (Lipinski definition) is 2. The van der Waals surface area contributed by atoms with Gasteiger partial charge >= 0.3 is 5.97 Å². The Bertz CT molecular complexity index is 428. The number of piperidine rings is 1. The zero-order valence-electron chi connectivity index (χ0n) is 11.8. The monoisotopic (exact) mass is 261 g/mol. The Morgan fingerprint density at radius 2 is 2.05 bits per heavy atom. The first-order chi connectivity index (χ1) is 9.00. The molecule has 0 amide bonds. The van der Waals surface area contributed by atoms with Gasteiger partial charge in [0.1, 0.15) is 6.04 Å². The van der Waals surface area contributed by atoms with Crippen LogP contribution in [0.1, 0.15) is 32.3 Å². The standard InChI is InChI=1S/C16H23NO2/c1-16(2)10-6-11-17(14(16)15(18)19)12-9-13-7-4-3-5-8-13/h3-5,7-8,14H,6,9-12H2,1-2H3,(H,18,19). The molecule has 1 aliphatic heterocycles. The molecule has 1 atom stereocenters. The molecule has 19 heavy (non-hydrogen) atoms. The van der Waals surface area contributed by atoms with Gasteiger partial charge in [-0.3, -0.25) is 9.69 Å². The number of aliphatic carboxylic acids is 1. The predicted octanol–water partition coefficient (Wildman–Crippen LogP) is 2.80. The number of carboxylic acids is 1. The first-order valence-corrected chi connectivity index (χ1v) is 7.01. The van der Waals surface area contributed by atoms with Crippen molar-refractivity contribution in [1.29, 1.82) is 0 Å². The molecule has 0 aromatic heterocycles. The number of hydrogen-bond donors (Lipinski definition) is 1. The normalized spacial score (nSPS) is 23.2. The lowest BCUT2D eigenvalue weighted by molar-refractivity contribution is -0.150. The molecule has 0 saturated carbocycles. The lowest BCUT2D eigenvalue weighted by atomic mass is 9.76. The summed E-state index contributed by atoms with van der Waals surface area (Å²) in [4.78, 5) is 13.7. The minimum absolute atomic E-state index is 0.138. The number of likely N-dealkylation sites (tertiary alicyclic amines) is 1. The highest BCUT2D eigenvalue weighted by molar-refractivity contribution is 5.74. The van der Waals surface area contributed by atoms with Crippen LogP contribution >= 0.6 is 0 Å². The van der Waals surface area contributed by atoms with E-state index in [1.165, 1.54) is 5.56 Å². The lowest BCUT2D eigenvalue weighted by Gasteiger charge is -2.44. The molecule has 0 radical (unpaired) electrons. The van der Waals surface area contributed by atoms with Gasteiger partial charge in [0.05, 0.1) is 0 Å². The van der Waals surface area contributed by atoms with Gasteiger partial charge < -0.3 is 5.11 Å². The van der Waals surface area contributed by atoms with Gasteiger partial charge in [-0.2, -0.15) is 0 Å². The van der Waals surface area contributed by atoms with E-state index in [4.69, 9.17) is 0 Å². The van der Waals surface area contributed by atoms with Gasteiger partial charge in [0.25, 0.3) is 0 Å². The van der Waals surface area contributed by atoms with Crippen LogP contribution in [0.4, 0.5) is 0 Å². The fraction of sp³-hybridized carbons (Fsp3) is 0.562. The van der Waals surface area contributed by atoms with Crippen molar-refractivity contribution < 1.29 is 9.90 Å². The quantitative estimate of drug-likeness (QED) is 0.906. The van der Waals surface area contributed by atoms with Crippen LogP contribution < -0.4 is 0 Å². The van der Waals surface area contributed by atoms with Gasteiger partial charge in [0.15, 0.2) is 0 Å². The molecule has 0 bridgehead atoms. The third kappa shape index (κ3) is 3.35. The highest BCUT2D eigenvalue weighted by Crippen LogP contribution is 2.35. The molecule has 2 rings (SSSR count). The molecule has 0 spiro atoms. The summed E-state index contributed by atoms with van der Waals surface area (Å²) in [7, 11) is 0. The van der Waals surface area contributed by atoms with Crippen molar-refractivity contribution in [1.82, 2.24) is 4.90 Å². The smallest absolute Gasteiger partial charge is 0.321 e. The van der Waals surface area contributed by atoms with E-state index < -0.39 is 5.97 Å². The largest absolute Gasteiger partial charge is 0.480 e. The Hall–Kier alpha value is -1.35. The van der Waals surface area contributed by atoms with Crippen LogP contribution in [0.5, 0.6) is 0 Å². The maximum atomic E-state index is 11.6. The highest BCUT2D eigenvalue weighted by Gasteiger charge is 2.41. The van der Waals surface area contributed by atoms with Crippen molar-refractivity contribution in [3.8, 4) is 0 Å². The van der Waals surface area contributed by atoms with Crippen molar-refractivity contribution >= 4 is 5.97 Å². The minimum Gasteiger partial charge on any atom is -0.480 e. The molecule has 1 aliphatic rings. The van der Waals surface area contributed by atoms with Crippen LogP contribution in [0.15, 0.2) is 30.3 Å². The van der Waals surface area contributed by atoms with Crippen LogP contribution in [0.3, 0.4) is 0 Å². The molecule has 1 saturated heterocycles. The van der Waals surface area contributed by atoms with Gasteiger partial charge in [-0.25, -0.2) is 0 Å². The van der Waals surface area contributed by atoms with Crippen LogP contribution in [-0.2, 0) is 11.2 Å². The summed E-state index contributed by atoms with van der Waals surface area (Å²) in [5, 5.41) is 9.50. The Kier molecular flexibility index (Phi) is 4.25. The highest BCUT2D eigenvalue weighted by atomic mass is 16.4. The summed E-state index contributed by atoms with van der Waals surface area (Å²) in [6.07, 6.45) is 3.00. The maximum Gasteiger partial charge on any atom is 0.321 e. The Labute approximate surface area is 115 Å². The molecule has 1 aromatic rings. The number of carbonyl (C=O) groups is 1. The molecule has 1 aromatic carbocycles. The van der Waals surface area contributed by atoms with E-state index in [-0.39, 0.29) is 11.5 Å². The fourth-order valence-electron chi connectivity index (χ4n) is 3.15. The molecule has 3 nitrogen and oxygen atoms in total. The number of carboxylic acid groups (broad SMARTS) is 1. The Morgan fingerprint density at radius 1 is 1.37 bits per heavy atom. The van der Waals surface area contributed by atoms with E-state index in [9.17, 15) is 9.90 Å². The molecular formula is C16H23NO2. The van der Waals surface area contributed by atoms with E-state index in [0.29, 0.717) is 0 Å². The van der Waals surface area contributed by atoms with Gasteiger partial charge in [0, 0.05) is 6.54 Å². The van der Waals surface area contributed by atoms with E-state index in [1.54, 1.807) is 0 Å². The van der Waals surface area contributed by atoms with Crippen molar-refractivity contribution in [2.45, 2.75) is 39.2 Å². The number of benzene rings is 1. The van der Waals surface area contributed by atoms with Crippen molar-refractivity contribution in [3.63, 3.8) is 0 Å². The number of rotatable bonds is 4. The third-order valence-corrected chi connectivity index (χ3v) is 4.14. The molecule has 1 N–H and O–H groups in total. The van der Waals surface area contributed by atoms with Crippen molar-refractivity contribution in [2.75, 3.05) is 13.1 Å².